The Kier molecular flexibility index (Phi) is 3.72. The molecule has 2 nitrogen and oxygen atoms in total. The second kappa shape index (κ2) is 5.07. The molecule has 2 unspecified atom stereocenters. The van der Waals surface area contributed by atoms with Gasteiger partial charge in [-0.2, -0.15) is 0 Å². The molecule has 1 aromatic carbocycles. The number of halogens is 1. The lowest BCUT2D eigenvalue weighted by atomic mass is 9.81. The van der Waals surface area contributed by atoms with E-state index in [2.05, 4.69) is 0 Å². The van der Waals surface area contributed by atoms with Crippen LogP contribution >= 0.6 is 11.6 Å². The standard InChI is InChI=1S/C13H17ClO2/c1-16-13-7-6-9(14)8-11(13)10-4-2-3-5-12(10)15/h6-8,10,12,15H,2-5H2,1H3. The highest BCUT2D eigenvalue weighted by Gasteiger charge is 2.27. The SMILES string of the molecule is COc1ccc(Cl)cc1C1CCCCC1O. The summed E-state index contributed by atoms with van der Waals surface area (Å²) in [6.45, 7) is 0. The van der Waals surface area contributed by atoms with Gasteiger partial charge in [-0.1, -0.05) is 24.4 Å². The van der Waals surface area contributed by atoms with Crippen molar-refractivity contribution in [2.24, 2.45) is 0 Å². The maximum absolute atomic E-state index is 10.0. The summed E-state index contributed by atoms with van der Waals surface area (Å²) < 4.78 is 5.33. The topological polar surface area (TPSA) is 29.5 Å². The molecular weight excluding hydrogens is 224 g/mol. The van der Waals surface area contributed by atoms with Crippen molar-refractivity contribution in [1.82, 2.24) is 0 Å². The van der Waals surface area contributed by atoms with Gasteiger partial charge in [0.15, 0.2) is 0 Å². The van der Waals surface area contributed by atoms with E-state index in [1.54, 1.807) is 7.11 Å². The van der Waals surface area contributed by atoms with Crippen LogP contribution in [0.4, 0.5) is 0 Å². The molecule has 1 aliphatic carbocycles. The summed E-state index contributed by atoms with van der Waals surface area (Å²) in [6.07, 6.45) is 3.90. The summed E-state index contributed by atoms with van der Waals surface area (Å²) in [5.74, 6) is 0.998. The monoisotopic (exact) mass is 240 g/mol. The largest absolute Gasteiger partial charge is 0.496 e. The van der Waals surface area contributed by atoms with E-state index >= 15 is 0 Å². The summed E-state index contributed by atoms with van der Waals surface area (Å²) in [7, 11) is 1.65. The lowest BCUT2D eigenvalue weighted by molar-refractivity contribution is 0.105. The number of aliphatic hydroxyl groups is 1. The minimum absolute atomic E-state index is 0.169. The van der Waals surface area contributed by atoms with Crippen LogP contribution in [0.5, 0.6) is 5.75 Å². The van der Waals surface area contributed by atoms with Crippen LogP contribution in [-0.2, 0) is 0 Å². The molecule has 1 saturated carbocycles. The zero-order valence-corrected chi connectivity index (χ0v) is 10.2. The Bertz CT molecular complexity index is 365. The quantitative estimate of drug-likeness (QED) is 0.859. The fourth-order valence-electron chi connectivity index (χ4n) is 2.47. The van der Waals surface area contributed by atoms with E-state index in [4.69, 9.17) is 16.3 Å². The Labute approximate surface area is 101 Å². The van der Waals surface area contributed by atoms with Crippen LogP contribution in [0.3, 0.4) is 0 Å². The Hall–Kier alpha value is -0.730. The van der Waals surface area contributed by atoms with Gasteiger partial charge in [0.25, 0.3) is 0 Å². The van der Waals surface area contributed by atoms with Crippen molar-refractivity contribution in [1.29, 1.82) is 0 Å². The lowest BCUT2D eigenvalue weighted by Gasteiger charge is -2.29. The number of benzene rings is 1. The minimum Gasteiger partial charge on any atom is -0.496 e. The van der Waals surface area contributed by atoms with Gasteiger partial charge in [-0.3, -0.25) is 0 Å². The van der Waals surface area contributed by atoms with Gasteiger partial charge in [0.1, 0.15) is 5.75 Å². The Morgan fingerprint density at radius 2 is 2.06 bits per heavy atom. The van der Waals surface area contributed by atoms with Crippen LogP contribution in [0.15, 0.2) is 18.2 Å². The van der Waals surface area contributed by atoms with Crippen LogP contribution in [0, 0.1) is 0 Å². The average Bonchev–Trinajstić information content (AvgIpc) is 2.29. The van der Waals surface area contributed by atoms with Crippen molar-refractivity contribution < 1.29 is 9.84 Å². The minimum atomic E-state index is -0.263. The molecule has 1 N–H and O–H groups in total. The zero-order chi connectivity index (χ0) is 11.5. The molecule has 0 saturated heterocycles. The summed E-state index contributed by atoms with van der Waals surface area (Å²) >= 11 is 6.00. The number of aliphatic hydroxyl groups excluding tert-OH is 1. The van der Waals surface area contributed by atoms with Crippen molar-refractivity contribution in [2.75, 3.05) is 7.11 Å². The first-order valence-corrected chi connectivity index (χ1v) is 6.11. The highest BCUT2D eigenvalue weighted by atomic mass is 35.5. The van der Waals surface area contributed by atoms with Crippen molar-refractivity contribution in [2.45, 2.75) is 37.7 Å². The molecule has 0 amide bonds. The fraction of sp³-hybridized carbons (Fsp3) is 0.538. The molecule has 3 heteroatoms. The number of methoxy groups -OCH3 is 1. The van der Waals surface area contributed by atoms with E-state index in [9.17, 15) is 5.11 Å². The van der Waals surface area contributed by atoms with E-state index in [1.807, 2.05) is 18.2 Å². The number of ether oxygens (including phenoxy) is 1. The van der Waals surface area contributed by atoms with Crippen LogP contribution < -0.4 is 4.74 Å². The number of hydrogen-bond donors (Lipinski definition) is 1. The average molecular weight is 241 g/mol. The molecule has 1 aliphatic rings. The normalized spacial score (nSPS) is 25.4. The predicted molar refractivity (Wildman–Crippen MR) is 65.2 cm³/mol. The van der Waals surface area contributed by atoms with E-state index in [-0.39, 0.29) is 12.0 Å². The number of rotatable bonds is 2. The summed E-state index contributed by atoms with van der Waals surface area (Å²) in [6, 6.07) is 5.61. The maximum Gasteiger partial charge on any atom is 0.122 e. The molecule has 0 aliphatic heterocycles. The van der Waals surface area contributed by atoms with Crippen molar-refractivity contribution in [3.05, 3.63) is 28.8 Å². The second-order valence-corrected chi connectivity index (χ2v) is 4.78. The molecule has 16 heavy (non-hydrogen) atoms. The van der Waals surface area contributed by atoms with Gasteiger partial charge in [-0.15, -0.1) is 0 Å². The molecule has 88 valence electrons. The molecule has 0 radical (unpaired) electrons. The maximum atomic E-state index is 10.0. The first-order valence-electron chi connectivity index (χ1n) is 5.74. The Morgan fingerprint density at radius 3 is 2.75 bits per heavy atom. The lowest BCUT2D eigenvalue weighted by Crippen LogP contribution is -2.22. The third-order valence-electron chi connectivity index (χ3n) is 3.32. The molecule has 0 bridgehead atoms. The molecule has 0 heterocycles. The zero-order valence-electron chi connectivity index (χ0n) is 9.45. The predicted octanol–water partition coefficient (Wildman–Crippen LogP) is 3.37. The highest BCUT2D eigenvalue weighted by molar-refractivity contribution is 6.30. The molecule has 2 atom stereocenters. The molecule has 2 rings (SSSR count). The highest BCUT2D eigenvalue weighted by Crippen LogP contribution is 2.38. The van der Waals surface area contributed by atoms with Crippen LogP contribution in [-0.4, -0.2) is 18.3 Å². The van der Waals surface area contributed by atoms with E-state index in [0.717, 1.165) is 37.0 Å². The summed E-state index contributed by atoms with van der Waals surface area (Å²) in [5.41, 5.74) is 1.04. The molecule has 0 spiro atoms. The van der Waals surface area contributed by atoms with Gasteiger partial charge in [0, 0.05) is 16.5 Å². The van der Waals surface area contributed by atoms with Crippen molar-refractivity contribution in [3.63, 3.8) is 0 Å². The molecule has 1 fully saturated rings. The van der Waals surface area contributed by atoms with Crippen LogP contribution in [0.2, 0.25) is 5.02 Å². The van der Waals surface area contributed by atoms with Gasteiger partial charge >= 0.3 is 0 Å². The molecule has 0 aromatic heterocycles. The van der Waals surface area contributed by atoms with Crippen molar-refractivity contribution in [3.8, 4) is 5.75 Å². The van der Waals surface area contributed by atoms with Crippen LogP contribution in [0.25, 0.3) is 0 Å². The Balaban J connectivity index is 2.33. The second-order valence-electron chi connectivity index (χ2n) is 4.34. The van der Waals surface area contributed by atoms with E-state index in [0.29, 0.717) is 5.02 Å². The summed E-state index contributed by atoms with van der Waals surface area (Å²) in [5, 5.41) is 10.7. The van der Waals surface area contributed by atoms with Gasteiger partial charge in [-0.25, -0.2) is 0 Å². The molecular formula is C13H17ClO2. The van der Waals surface area contributed by atoms with Crippen molar-refractivity contribution >= 4 is 11.6 Å². The van der Waals surface area contributed by atoms with Crippen LogP contribution in [0.1, 0.15) is 37.2 Å². The molecule has 1 aromatic rings. The first kappa shape index (κ1) is 11.7. The fourth-order valence-corrected chi connectivity index (χ4v) is 2.65. The summed E-state index contributed by atoms with van der Waals surface area (Å²) in [4.78, 5) is 0. The Morgan fingerprint density at radius 1 is 1.31 bits per heavy atom. The third-order valence-corrected chi connectivity index (χ3v) is 3.56. The van der Waals surface area contributed by atoms with Gasteiger partial charge in [0.05, 0.1) is 13.2 Å². The third kappa shape index (κ3) is 2.33. The van der Waals surface area contributed by atoms with Gasteiger partial charge < -0.3 is 9.84 Å². The van der Waals surface area contributed by atoms with Gasteiger partial charge in [0.2, 0.25) is 0 Å². The smallest absolute Gasteiger partial charge is 0.122 e. The van der Waals surface area contributed by atoms with E-state index in [1.165, 1.54) is 0 Å². The first-order chi connectivity index (χ1) is 7.72. The van der Waals surface area contributed by atoms with E-state index < -0.39 is 0 Å². The number of hydrogen-bond acceptors (Lipinski definition) is 2. The van der Waals surface area contributed by atoms with Gasteiger partial charge in [-0.05, 0) is 31.0 Å².